The van der Waals surface area contributed by atoms with E-state index < -0.39 is 20.0 Å². The third-order valence-electron chi connectivity index (χ3n) is 3.41. The third kappa shape index (κ3) is 3.20. The summed E-state index contributed by atoms with van der Waals surface area (Å²) in [6.45, 7) is 3.02. The van der Waals surface area contributed by atoms with E-state index >= 15 is 0 Å². The molecule has 1 heterocycles. The lowest BCUT2D eigenvalue weighted by atomic mass is 10.0. The highest BCUT2D eigenvalue weighted by Crippen LogP contribution is 2.24. The Bertz CT molecular complexity index is 681. The van der Waals surface area contributed by atoms with Gasteiger partial charge in [0.1, 0.15) is 0 Å². The van der Waals surface area contributed by atoms with E-state index in [1.54, 1.807) is 0 Å². The Morgan fingerprint density at radius 1 is 1.10 bits per heavy atom. The van der Waals surface area contributed by atoms with Crippen molar-refractivity contribution in [3.63, 3.8) is 0 Å². The van der Waals surface area contributed by atoms with Crippen LogP contribution in [-0.4, -0.2) is 34.2 Å². The molecule has 1 aliphatic heterocycles. The van der Waals surface area contributed by atoms with Gasteiger partial charge in [-0.05, 0) is 43.0 Å². The molecule has 0 amide bonds. The quantitative estimate of drug-likeness (QED) is 0.889. The maximum Gasteiger partial charge on any atom is 0.243 e. The molecule has 0 radical (unpaired) electrons. The number of primary sulfonamides is 1. The normalized spacial score (nSPS) is 21.8. The number of sulfonamides is 2. The van der Waals surface area contributed by atoms with Crippen molar-refractivity contribution in [2.75, 3.05) is 13.1 Å². The molecule has 20 heavy (non-hydrogen) atoms. The molecule has 1 aliphatic rings. The van der Waals surface area contributed by atoms with Gasteiger partial charge < -0.3 is 0 Å². The first kappa shape index (κ1) is 15.4. The zero-order chi connectivity index (χ0) is 15.0. The van der Waals surface area contributed by atoms with Crippen molar-refractivity contribution in [2.24, 2.45) is 11.1 Å². The highest BCUT2D eigenvalue weighted by atomic mass is 32.2. The molecule has 0 saturated carbocycles. The summed E-state index contributed by atoms with van der Waals surface area (Å²) in [4.78, 5) is 0.00228. The molecular weight excluding hydrogens is 300 g/mol. The molecule has 1 fully saturated rings. The van der Waals surface area contributed by atoms with Crippen LogP contribution >= 0.6 is 0 Å². The maximum atomic E-state index is 12.4. The van der Waals surface area contributed by atoms with Crippen LogP contribution in [0, 0.1) is 5.92 Å². The van der Waals surface area contributed by atoms with E-state index in [1.165, 1.54) is 28.6 Å². The minimum atomic E-state index is -3.81. The zero-order valence-corrected chi connectivity index (χ0v) is 12.8. The minimum absolute atomic E-state index is 0.0940. The molecule has 0 aromatic heterocycles. The van der Waals surface area contributed by atoms with Crippen molar-refractivity contribution in [3.05, 3.63) is 24.3 Å². The summed E-state index contributed by atoms with van der Waals surface area (Å²) in [5.74, 6) is 0.335. The van der Waals surface area contributed by atoms with Crippen LogP contribution < -0.4 is 5.14 Å². The van der Waals surface area contributed by atoms with Crippen molar-refractivity contribution in [1.82, 2.24) is 4.31 Å². The van der Waals surface area contributed by atoms with Gasteiger partial charge in [-0.3, -0.25) is 0 Å². The van der Waals surface area contributed by atoms with Gasteiger partial charge in [0.25, 0.3) is 0 Å². The predicted octanol–water partition coefficient (Wildman–Crippen LogP) is 0.755. The van der Waals surface area contributed by atoms with Crippen molar-refractivity contribution in [3.8, 4) is 0 Å². The van der Waals surface area contributed by atoms with Gasteiger partial charge >= 0.3 is 0 Å². The number of piperidine rings is 1. The molecule has 112 valence electrons. The van der Waals surface area contributed by atoms with Crippen LogP contribution in [0.5, 0.6) is 0 Å². The number of nitrogens with zero attached hydrogens (tertiary/aromatic N) is 1. The van der Waals surface area contributed by atoms with Crippen molar-refractivity contribution in [2.45, 2.75) is 29.6 Å². The molecule has 1 aromatic carbocycles. The molecule has 1 saturated heterocycles. The summed E-state index contributed by atoms with van der Waals surface area (Å²) in [5, 5.41) is 4.99. The fraction of sp³-hybridized carbons (Fsp3) is 0.500. The molecule has 2 rings (SSSR count). The number of rotatable bonds is 3. The van der Waals surface area contributed by atoms with E-state index in [0.29, 0.717) is 19.0 Å². The van der Waals surface area contributed by atoms with Crippen LogP contribution in [0.4, 0.5) is 0 Å². The second-order valence-corrected chi connectivity index (χ2v) is 8.63. The van der Waals surface area contributed by atoms with Gasteiger partial charge in [-0.2, -0.15) is 4.31 Å². The monoisotopic (exact) mass is 318 g/mol. The van der Waals surface area contributed by atoms with Crippen molar-refractivity contribution < 1.29 is 16.8 Å². The smallest absolute Gasteiger partial charge is 0.225 e. The lowest BCUT2D eigenvalue weighted by molar-refractivity contribution is 0.281. The second-order valence-electron chi connectivity index (χ2n) is 5.13. The topological polar surface area (TPSA) is 97.5 Å². The third-order valence-corrected chi connectivity index (χ3v) is 6.22. The molecule has 0 bridgehead atoms. The lowest BCUT2D eigenvalue weighted by Crippen LogP contribution is -2.39. The summed E-state index contributed by atoms with van der Waals surface area (Å²) in [6.07, 6.45) is 1.87. The van der Waals surface area contributed by atoms with Gasteiger partial charge in [0, 0.05) is 13.1 Å². The molecule has 6 nitrogen and oxygen atoms in total. The van der Waals surface area contributed by atoms with Gasteiger partial charge in [-0.15, -0.1) is 0 Å². The van der Waals surface area contributed by atoms with E-state index in [0.717, 1.165) is 12.8 Å². The Balaban J connectivity index is 2.30. The van der Waals surface area contributed by atoms with E-state index in [-0.39, 0.29) is 9.79 Å². The van der Waals surface area contributed by atoms with Crippen LogP contribution in [-0.2, 0) is 20.0 Å². The highest BCUT2D eigenvalue weighted by molar-refractivity contribution is 7.89. The lowest BCUT2D eigenvalue weighted by Gasteiger charge is -2.30. The first-order valence-corrected chi connectivity index (χ1v) is 9.33. The van der Waals surface area contributed by atoms with Crippen LogP contribution in [0.2, 0.25) is 0 Å². The van der Waals surface area contributed by atoms with E-state index in [9.17, 15) is 16.8 Å². The molecule has 8 heteroatoms. The van der Waals surface area contributed by atoms with Gasteiger partial charge in [0.2, 0.25) is 20.0 Å². The van der Waals surface area contributed by atoms with Gasteiger partial charge in [-0.1, -0.05) is 6.92 Å². The Hall–Kier alpha value is -0.960. The predicted molar refractivity (Wildman–Crippen MR) is 75.0 cm³/mol. The SMILES string of the molecule is CC1CCCN(S(=O)(=O)c2ccc(S(N)(=O)=O)cc2)C1. The Labute approximate surface area is 119 Å². The first-order valence-electron chi connectivity index (χ1n) is 6.34. The molecule has 1 aromatic rings. The largest absolute Gasteiger partial charge is 0.243 e. The molecule has 0 spiro atoms. The molecule has 2 N–H and O–H groups in total. The summed E-state index contributed by atoms with van der Waals surface area (Å²) < 4.78 is 48.6. The standard InChI is InChI=1S/C12H18N2O4S2/c1-10-3-2-8-14(9-10)20(17,18)12-6-4-11(5-7-12)19(13,15)16/h4-7,10H,2-3,8-9H2,1H3,(H2,13,15,16). The average Bonchev–Trinajstić information content (AvgIpc) is 2.38. The van der Waals surface area contributed by atoms with Crippen molar-refractivity contribution in [1.29, 1.82) is 0 Å². The van der Waals surface area contributed by atoms with E-state index in [4.69, 9.17) is 5.14 Å². The first-order chi connectivity index (χ1) is 9.21. The molecule has 0 aliphatic carbocycles. The summed E-state index contributed by atoms with van der Waals surface area (Å²) >= 11 is 0. The zero-order valence-electron chi connectivity index (χ0n) is 11.2. The van der Waals surface area contributed by atoms with E-state index in [2.05, 4.69) is 0 Å². The van der Waals surface area contributed by atoms with Gasteiger partial charge in [0.05, 0.1) is 9.79 Å². The minimum Gasteiger partial charge on any atom is -0.225 e. The van der Waals surface area contributed by atoms with Crippen LogP contribution in [0.15, 0.2) is 34.1 Å². The second kappa shape index (κ2) is 5.44. The highest BCUT2D eigenvalue weighted by Gasteiger charge is 2.28. The Kier molecular flexibility index (Phi) is 4.19. The molecule has 1 unspecified atom stereocenters. The Morgan fingerprint density at radius 2 is 1.65 bits per heavy atom. The van der Waals surface area contributed by atoms with Crippen LogP contribution in [0.1, 0.15) is 19.8 Å². The van der Waals surface area contributed by atoms with E-state index in [1.807, 2.05) is 6.92 Å². The van der Waals surface area contributed by atoms with Crippen LogP contribution in [0.25, 0.3) is 0 Å². The summed E-state index contributed by atoms with van der Waals surface area (Å²) in [5.41, 5.74) is 0. The number of hydrogen-bond donors (Lipinski definition) is 1. The van der Waals surface area contributed by atoms with Crippen molar-refractivity contribution >= 4 is 20.0 Å². The van der Waals surface area contributed by atoms with Gasteiger partial charge in [0.15, 0.2) is 0 Å². The fourth-order valence-electron chi connectivity index (χ4n) is 2.31. The Morgan fingerprint density at radius 3 is 2.15 bits per heavy atom. The number of benzene rings is 1. The summed E-state index contributed by atoms with van der Waals surface area (Å²) in [6, 6.07) is 5.01. The average molecular weight is 318 g/mol. The molecule has 1 atom stereocenters. The fourth-order valence-corrected chi connectivity index (χ4v) is 4.43. The van der Waals surface area contributed by atoms with Crippen LogP contribution in [0.3, 0.4) is 0 Å². The number of nitrogens with two attached hydrogens (primary N) is 1. The molecular formula is C12H18N2O4S2. The summed E-state index contributed by atoms with van der Waals surface area (Å²) in [7, 11) is -7.37. The number of hydrogen-bond acceptors (Lipinski definition) is 4. The van der Waals surface area contributed by atoms with Gasteiger partial charge in [-0.25, -0.2) is 22.0 Å². The maximum absolute atomic E-state index is 12.4.